The smallest absolute Gasteiger partial charge is 0.252 e. The van der Waals surface area contributed by atoms with E-state index in [2.05, 4.69) is 35.7 Å². The van der Waals surface area contributed by atoms with Crippen LogP contribution >= 0.6 is 0 Å². The molecule has 1 unspecified atom stereocenters. The van der Waals surface area contributed by atoms with E-state index < -0.39 is 11.7 Å². The van der Waals surface area contributed by atoms with Crippen molar-refractivity contribution in [1.29, 1.82) is 0 Å². The maximum absolute atomic E-state index is 14.8. The Labute approximate surface area is 187 Å². The number of hydrogen-bond donors (Lipinski definition) is 5. The number of aromatic nitrogens is 6. The van der Waals surface area contributed by atoms with Gasteiger partial charge in [0.15, 0.2) is 17.5 Å². The number of hydrogen-bond acceptors (Lipinski definition) is 8. The van der Waals surface area contributed by atoms with Crippen molar-refractivity contribution in [3.05, 3.63) is 48.4 Å². The third kappa shape index (κ3) is 4.07. The maximum atomic E-state index is 14.8. The van der Waals surface area contributed by atoms with Crippen molar-refractivity contribution >= 4 is 34.3 Å². The Morgan fingerprint density at radius 2 is 2.06 bits per heavy atom. The molecule has 4 aromatic heterocycles. The molecule has 1 fully saturated rings. The summed E-state index contributed by atoms with van der Waals surface area (Å²) in [6.07, 6.45) is 8.38. The summed E-state index contributed by atoms with van der Waals surface area (Å²) in [6.45, 7) is 0. The molecule has 1 aliphatic carbocycles. The molecule has 0 spiro atoms. The highest BCUT2D eigenvalue weighted by molar-refractivity contribution is 6.00. The van der Waals surface area contributed by atoms with Crippen molar-refractivity contribution in [2.24, 2.45) is 11.5 Å². The molecule has 0 radical (unpaired) electrons. The normalized spacial score (nSPS) is 18.4. The number of nitrogens with one attached hydrogen (secondary N) is 3. The number of nitrogens with two attached hydrogens (primary N) is 2. The van der Waals surface area contributed by atoms with Gasteiger partial charge in [-0.1, -0.05) is 12.8 Å². The van der Waals surface area contributed by atoms with Crippen LogP contribution in [0.2, 0.25) is 0 Å². The molecule has 170 valence electrons. The lowest BCUT2D eigenvalue weighted by Gasteiger charge is -2.30. The van der Waals surface area contributed by atoms with Gasteiger partial charge in [-0.25, -0.2) is 24.0 Å². The second kappa shape index (κ2) is 8.47. The number of carbonyl (C=O) groups is 1. The molecule has 2 atom stereocenters. The Morgan fingerprint density at radius 1 is 1.21 bits per heavy atom. The van der Waals surface area contributed by atoms with Gasteiger partial charge in [0.25, 0.3) is 5.91 Å². The molecule has 33 heavy (non-hydrogen) atoms. The monoisotopic (exact) mass is 450 g/mol. The van der Waals surface area contributed by atoms with E-state index in [4.69, 9.17) is 11.5 Å². The van der Waals surface area contributed by atoms with Gasteiger partial charge in [0, 0.05) is 29.7 Å². The quantitative estimate of drug-likeness (QED) is 0.298. The minimum Gasteiger partial charge on any atom is -0.365 e. The summed E-state index contributed by atoms with van der Waals surface area (Å²) >= 11 is 0. The topological polar surface area (TPSA) is 165 Å². The first-order valence-corrected chi connectivity index (χ1v) is 10.6. The van der Waals surface area contributed by atoms with Crippen molar-refractivity contribution in [2.75, 3.05) is 10.6 Å². The van der Waals surface area contributed by atoms with Gasteiger partial charge >= 0.3 is 0 Å². The fourth-order valence-corrected chi connectivity index (χ4v) is 4.09. The van der Waals surface area contributed by atoms with Crippen molar-refractivity contribution < 1.29 is 9.18 Å². The van der Waals surface area contributed by atoms with Gasteiger partial charge in [-0.2, -0.15) is 5.10 Å². The number of halogens is 1. The average Bonchev–Trinajstić information content (AvgIpc) is 3.49. The predicted molar refractivity (Wildman–Crippen MR) is 121 cm³/mol. The molecule has 1 aliphatic rings. The van der Waals surface area contributed by atoms with Crippen LogP contribution in [0.25, 0.3) is 16.9 Å². The van der Waals surface area contributed by atoms with E-state index in [1.54, 1.807) is 12.3 Å². The third-order valence-electron chi connectivity index (χ3n) is 5.80. The minimum absolute atomic E-state index is 0.0146. The summed E-state index contributed by atoms with van der Waals surface area (Å²) in [4.78, 5) is 28.0. The molecule has 1 amide bonds. The van der Waals surface area contributed by atoms with Gasteiger partial charge < -0.3 is 27.1 Å². The second-order valence-electron chi connectivity index (χ2n) is 8.01. The van der Waals surface area contributed by atoms with Crippen molar-refractivity contribution in [3.63, 3.8) is 0 Å². The zero-order valence-corrected chi connectivity index (χ0v) is 17.6. The van der Waals surface area contributed by atoms with Crippen LogP contribution in [0.4, 0.5) is 21.7 Å². The lowest BCUT2D eigenvalue weighted by molar-refractivity contribution is 0.100. The Hall–Kier alpha value is -4.06. The molecule has 4 aromatic rings. The summed E-state index contributed by atoms with van der Waals surface area (Å²) < 4.78 is 16.3. The molecule has 1 saturated carbocycles. The van der Waals surface area contributed by atoms with Crippen LogP contribution < -0.4 is 22.1 Å². The van der Waals surface area contributed by atoms with E-state index in [1.165, 1.54) is 17.3 Å². The van der Waals surface area contributed by atoms with Crippen LogP contribution in [0.15, 0.2) is 37.1 Å². The number of primary amides is 1. The summed E-state index contributed by atoms with van der Waals surface area (Å²) in [5, 5.41) is 11.1. The summed E-state index contributed by atoms with van der Waals surface area (Å²) in [5.74, 6) is -0.855. The summed E-state index contributed by atoms with van der Waals surface area (Å²) in [6, 6.07) is 4.43. The highest BCUT2D eigenvalue weighted by atomic mass is 19.1. The van der Waals surface area contributed by atoms with Crippen LogP contribution in [0, 0.1) is 5.82 Å². The maximum Gasteiger partial charge on any atom is 0.252 e. The van der Waals surface area contributed by atoms with Crippen LogP contribution in [-0.2, 0) is 0 Å². The number of aromatic amines is 1. The Kier molecular flexibility index (Phi) is 5.34. The molecular weight excluding hydrogens is 427 g/mol. The number of nitrogens with zero attached hydrogens (tertiary/aromatic N) is 5. The predicted octanol–water partition coefficient (Wildman–Crippen LogP) is 2.20. The molecule has 5 rings (SSSR count). The van der Waals surface area contributed by atoms with E-state index in [0.29, 0.717) is 17.2 Å². The number of amides is 1. The first-order chi connectivity index (χ1) is 16.0. The van der Waals surface area contributed by atoms with E-state index in [9.17, 15) is 9.18 Å². The van der Waals surface area contributed by atoms with Crippen LogP contribution in [0.3, 0.4) is 0 Å². The van der Waals surface area contributed by atoms with E-state index in [-0.39, 0.29) is 29.3 Å². The summed E-state index contributed by atoms with van der Waals surface area (Å²) in [5.41, 5.74) is 12.8. The fourth-order valence-electron chi connectivity index (χ4n) is 4.09. The van der Waals surface area contributed by atoms with Crippen LogP contribution in [-0.4, -0.2) is 47.7 Å². The Bertz CT molecular complexity index is 1300. The van der Waals surface area contributed by atoms with Gasteiger partial charge in [0.1, 0.15) is 24.1 Å². The Balaban J connectivity index is 1.55. The van der Waals surface area contributed by atoms with Gasteiger partial charge in [0.05, 0.1) is 11.3 Å². The highest BCUT2D eigenvalue weighted by Crippen LogP contribution is 2.30. The molecule has 11 nitrogen and oxygen atoms in total. The molecule has 0 aromatic carbocycles. The second-order valence-corrected chi connectivity index (χ2v) is 8.01. The van der Waals surface area contributed by atoms with E-state index in [0.717, 1.165) is 37.1 Å². The minimum atomic E-state index is -0.805. The SMILES string of the molecule is NC(=O)c1cc(F)c(NC2CCCC[C@@H]2N)nc1Nc1cc(-n2cncn2)nc2[nH]ccc12. The first-order valence-electron chi connectivity index (χ1n) is 10.6. The number of rotatable bonds is 6. The highest BCUT2D eigenvalue weighted by Gasteiger charge is 2.25. The largest absolute Gasteiger partial charge is 0.365 e. The zero-order valence-electron chi connectivity index (χ0n) is 17.6. The van der Waals surface area contributed by atoms with E-state index >= 15 is 0 Å². The molecule has 12 heteroatoms. The Morgan fingerprint density at radius 3 is 2.82 bits per heavy atom. The molecule has 0 bridgehead atoms. The molecule has 4 heterocycles. The first kappa shape index (κ1) is 20.8. The lowest BCUT2D eigenvalue weighted by Crippen LogP contribution is -2.43. The fraction of sp³-hybridized carbons (Fsp3) is 0.286. The number of fused-ring (bicyclic) bond motifs is 1. The average molecular weight is 450 g/mol. The van der Waals surface area contributed by atoms with Gasteiger partial charge in [-0.15, -0.1) is 0 Å². The molecule has 0 saturated heterocycles. The van der Waals surface area contributed by atoms with Gasteiger partial charge in [-0.05, 0) is 25.0 Å². The lowest BCUT2D eigenvalue weighted by atomic mass is 9.91. The van der Waals surface area contributed by atoms with E-state index in [1.807, 2.05) is 6.07 Å². The third-order valence-corrected chi connectivity index (χ3v) is 5.80. The number of carbonyl (C=O) groups excluding carboxylic acids is 1. The van der Waals surface area contributed by atoms with Crippen molar-refractivity contribution in [2.45, 2.75) is 37.8 Å². The molecular formula is C21H23FN10O. The van der Waals surface area contributed by atoms with Crippen LogP contribution in [0.5, 0.6) is 0 Å². The zero-order chi connectivity index (χ0) is 22.9. The van der Waals surface area contributed by atoms with Crippen molar-refractivity contribution in [1.82, 2.24) is 29.7 Å². The van der Waals surface area contributed by atoms with Crippen LogP contribution in [0.1, 0.15) is 36.0 Å². The number of H-pyrrole nitrogens is 1. The molecule has 0 aliphatic heterocycles. The van der Waals surface area contributed by atoms with Gasteiger partial charge in [-0.3, -0.25) is 4.79 Å². The van der Waals surface area contributed by atoms with Crippen molar-refractivity contribution in [3.8, 4) is 5.82 Å². The summed E-state index contributed by atoms with van der Waals surface area (Å²) in [7, 11) is 0. The number of anilines is 3. The standard InChI is InChI=1S/C21H23FN10O/c22-13-7-12(18(24)33)20(31-21(13)28-15-4-2-1-3-14(15)23)29-16-8-17(32-10-25-9-27-32)30-19-11(16)5-6-26-19/h5-10,14-15H,1-4,23H2,(H2,24,33)(H3,26,28,29,30,31)/t14-,15?/m0/s1. The molecule has 7 N–H and O–H groups in total. The number of pyridine rings is 2. The van der Waals surface area contributed by atoms with Gasteiger partial charge in [0.2, 0.25) is 0 Å².